The van der Waals surface area contributed by atoms with E-state index < -0.39 is 17.6 Å². The Morgan fingerprint density at radius 2 is 1.36 bits per heavy atom. The Bertz CT molecular complexity index is 2620. The average molecular weight is 1030 g/mol. The fraction of sp³-hybridized carbons (Fsp3) is 0.146. The van der Waals surface area contributed by atoms with E-state index >= 15 is 0 Å². The maximum Gasteiger partial charge on any atom is 2.00 e. The second-order valence-corrected chi connectivity index (χ2v) is 14.6. The van der Waals surface area contributed by atoms with Gasteiger partial charge in [0.2, 0.25) is 0 Å². The van der Waals surface area contributed by atoms with Crippen molar-refractivity contribution in [1.29, 1.82) is 5.41 Å². The number of carbonyl (C=O) groups excluding carboxylic acids is 3. The Morgan fingerprint density at radius 3 is 1.90 bits per heavy atom. The Morgan fingerprint density at radius 1 is 0.776 bits per heavy atom. The van der Waals surface area contributed by atoms with Crippen LogP contribution in [0.15, 0.2) is 121 Å². The number of thiocarbonyl (C=S) groups is 1. The van der Waals surface area contributed by atoms with E-state index in [9.17, 15) is 27.6 Å². The predicted octanol–water partition coefficient (Wildman–Crippen LogP) is 12.3. The molecule has 2 N–H and O–H groups in total. The van der Waals surface area contributed by atoms with E-state index in [1.165, 1.54) is 48.7 Å². The summed E-state index contributed by atoms with van der Waals surface area (Å²) >= 11 is 5.27. The van der Waals surface area contributed by atoms with Gasteiger partial charge in [0.15, 0.2) is 0 Å². The van der Waals surface area contributed by atoms with Gasteiger partial charge in [0.25, 0.3) is 19.4 Å². The van der Waals surface area contributed by atoms with Gasteiger partial charge in [-0.05, 0) is 137 Å². The van der Waals surface area contributed by atoms with Crippen LogP contribution in [0.3, 0.4) is 0 Å². The Kier molecular flexibility index (Phi) is 23.2. The van der Waals surface area contributed by atoms with E-state index in [1.807, 2.05) is 41.8 Å². The molecule has 0 radical (unpaired) electrons. The van der Waals surface area contributed by atoms with Crippen molar-refractivity contribution in [3.05, 3.63) is 155 Å². The quantitative estimate of drug-likeness (QED) is 0.0202. The summed E-state index contributed by atoms with van der Waals surface area (Å²) in [6.07, 6.45) is 11.9. The number of nitrogens with zero attached hydrogens (tertiary/aromatic N) is 5. The number of nitrogens with one attached hydrogen (secondary N) is 2. The molecule has 6 rings (SSSR count). The van der Waals surface area contributed by atoms with E-state index in [1.54, 1.807) is 72.3 Å². The molecule has 0 atom stereocenters. The van der Waals surface area contributed by atoms with Crippen molar-refractivity contribution in [2.45, 2.75) is 45.2 Å². The Labute approximate surface area is 406 Å². The van der Waals surface area contributed by atoms with Gasteiger partial charge in [-0.15, -0.1) is 17.0 Å². The summed E-state index contributed by atoms with van der Waals surface area (Å²) < 4.78 is 51.6. The van der Waals surface area contributed by atoms with Gasteiger partial charge < -0.3 is 25.4 Å². The third kappa shape index (κ3) is 17.6. The summed E-state index contributed by atoms with van der Waals surface area (Å²) in [5, 5.41) is 17.5. The van der Waals surface area contributed by atoms with Gasteiger partial charge in [0.1, 0.15) is 11.5 Å². The minimum absolute atomic E-state index is 0. The van der Waals surface area contributed by atoms with Crippen LogP contribution < -0.4 is 4.74 Å². The molecule has 0 aliphatic heterocycles. The SMILES string of the molecule is CCCCCCc1ccsc1-c1ccnc(/C([NH-])=C/C(=N)C(F)(F)F)c1.O=CO/C=C/c1ccnc(-c2cc(-c3ccc(OC=O)cc3)cc(-c3cc(/C=C/OC=O)ccn3)n2)c1.[N-]=C=S.[Ru+2]. The zero-order valence-electron chi connectivity index (χ0n) is 35.5. The fourth-order valence-electron chi connectivity index (χ4n) is 5.97. The van der Waals surface area contributed by atoms with Crippen LogP contribution in [0, 0.1) is 5.41 Å². The van der Waals surface area contributed by atoms with E-state index in [0.717, 1.165) is 45.5 Å². The van der Waals surface area contributed by atoms with Crippen molar-refractivity contribution in [1.82, 2.24) is 19.9 Å². The molecule has 5 aromatic heterocycles. The van der Waals surface area contributed by atoms with Crippen molar-refractivity contribution < 1.29 is 61.2 Å². The van der Waals surface area contributed by atoms with Gasteiger partial charge >= 0.3 is 25.7 Å². The van der Waals surface area contributed by atoms with Gasteiger partial charge in [-0.1, -0.05) is 50.5 Å². The van der Waals surface area contributed by atoms with Crippen molar-refractivity contribution in [2.24, 2.45) is 0 Å². The number of alkyl halides is 3. The van der Waals surface area contributed by atoms with Gasteiger partial charge in [0.05, 0.1) is 35.3 Å². The molecular weight excluding hydrogens is 993 g/mol. The van der Waals surface area contributed by atoms with E-state index in [2.05, 4.69) is 49.6 Å². The maximum atomic E-state index is 12.5. The zero-order valence-corrected chi connectivity index (χ0v) is 38.8. The number of carbonyl (C=O) groups is 3. The first-order valence-electron chi connectivity index (χ1n) is 19.7. The second-order valence-electron chi connectivity index (χ2n) is 13.5. The Hall–Kier alpha value is -7.17. The number of hydrogen-bond acceptors (Lipinski definition) is 13. The first-order valence-corrected chi connectivity index (χ1v) is 21.0. The van der Waals surface area contributed by atoms with Crippen molar-refractivity contribution in [3.8, 4) is 50.1 Å². The topological polar surface area (TPSA) is 200 Å². The molecule has 0 bridgehead atoms. The molecule has 0 saturated heterocycles. The summed E-state index contributed by atoms with van der Waals surface area (Å²) in [5.74, 6) is 0.422. The molecule has 0 amide bonds. The number of ether oxygens (including phenoxy) is 3. The van der Waals surface area contributed by atoms with Crippen LogP contribution in [0.5, 0.6) is 5.75 Å². The molecule has 0 saturated carbocycles. The van der Waals surface area contributed by atoms with Gasteiger partial charge in [-0.2, -0.15) is 18.3 Å². The number of rotatable bonds is 19. The van der Waals surface area contributed by atoms with Crippen LogP contribution in [0.25, 0.3) is 73.3 Å². The standard InChI is InChI=1S/C28H19N3O6.C19H21F3N3S.CNS.Ru/c32-17-35-11-7-20-5-9-29-25(13-20)27-15-23(22-1-3-24(4-2-22)37-19-34)16-28(31-27)26-14-21(6-10-30-26)8-12-36-18-33;1-2-3-4-5-6-13-8-10-26-18(13)14-7-9-25-16(11-14)15(23)12-17(24)19(20,21)22;2-1-3;/h1-19H;7-12,23-24H,2-6H2,1H3;;/q;2*-1;+2/b11-7+,12-8+;15-12-,24-17?;;. The average Bonchev–Trinajstić information content (AvgIpc) is 3.80. The fourth-order valence-corrected chi connectivity index (χ4v) is 6.92. The number of aromatic nitrogens is 4. The van der Waals surface area contributed by atoms with Crippen LogP contribution in [-0.2, 0) is 49.8 Å². The summed E-state index contributed by atoms with van der Waals surface area (Å²) in [4.78, 5) is 50.3. The number of isothiocyanates is 1. The van der Waals surface area contributed by atoms with Crippen LogP contribution in [0.1, 0.15) is 55.0 Å². The van der Waals surface area contributed by atoms with E-state index in [0.29, 0.717) is 54.0 Å². The molecule has 0 unspecified atom stereocenters. The van der Waals surface area contributed by atoms with Gasteiger partial charge in [-0.25, -0.2) is 4.98 Å². The summed E-state index contributed by atoms with van der Waals surface area (Å²) in [6, 6.07) is 23.5. The first kappa shape index (κ1) is 54.2. The molecule has 1 aromatic carbocycles. The molecule has 344 valence electrons. The number of halogens is 3. The zero-order chi connectivity index (χ0) is 47.7. The number of pyridine rings is 4. The van der Waals surface area contributed by atoms with Crippen molar-refractivity contribution in [3.63, 3.8) is 0 Å². The van der Waals surface area contributed by atoms with Crippen LogP contribution >= 0.6 is 23.6 Å². The third-order valence-electron chi connectivity index (χ3n) is 9.02. The molecule has 0 aliphatic carbocycles. The Balaban J connectivity index is 0.000000349. The number of hydrogen-bond donors (Lipinski definition) is 1. The molecular formula is C48H40F3N7O6RuS2. The second kappa shape index (κ2) is 28.7. The molecule has 19 heteroatoms. The first-order chi connectivity index (χ1) is 31.9. The summed E-state index contributed by atoms with van der Waals surface area (Å²) in [5.41, 5.74) is 13.6. The summed E-state index contributed by atoms with van der Waals surface area (Å²) in [7, 11) is 0. The van der Waals surface area contributed by atoms with Crippen molar-refractivity contribution in [2.75, 3.05) is 0 Å². The molecule has 5 heterocycles. The minimum Gasteiger partial charge on any atom is -0.753 e. The molecule has 6 aromatic rings. The monoisotopic (exact) mass is 1030 g/mol. The maximum absolute atomic E-state index is 12.5. The molecule has 67 heavy (non-hydrogen) atoms. The smallest absolute Gasteiger partial charge is 0.753 e. The van der Waals surface area contributed by atoms with Crippen LogP contribution in [0.2, 0.25) is 0 Å². The summed E-state index contributed by atoms with van der Waals surface area (Å²) in [6.45, 7) is 3.21. The van der Waals surface area contributed by atoms with Crippen molar-refractivity contribution >= 4 is 71.7 Å². The molecule has 13 nitrogen and oxygen atoms in total. The molecule has 0 spiro atoms. The number of allylic oxidation sites excluding steroid dienone is 1. The van der Waals surface area contributed by atoms with Crippen LogP contribution in [-0.4, -0.2) is 56.4 Å². The van der Waals surface area contributed by atoms with Gasteiger partial charge in [-0.3, -0.25) is 34.7 Å². The minimum atomic E-state index is -4.76. The number of aryl methyl sites for hydroxylation is 1. The largest absolute Gasteiger partial charge is 2.00 e. The number of benzene rings is 1. The molecule has 0 aliphatic rings. The van der Waals surface area contributed by atoms with Crippen LogP contribution in [0.4, 0.5) is 13.2 Å². The van der Waals surface area contributed by atoms with Gasteiger partial charge in [0, 0.05) is 29.2 Å². The third-order valence-corrected chi connectivity index (χ3v) is 10.0. The van der Waals surface area contributed by atoms with E-state index in [4.69, 9.17) is 26.3 Å². The predicted molar refractivity (Wildman–Crippen MR) is 253 cm³/mol. The number of thiophene rings is 1. The van der Waals surface area contributed by atoms with E-state index in [-0.39, 0.29) is 25.2 Å². The molecule has 0 fully saturated rings. The number of unbranched alkanes of at least 4 members (excludes halogenated alkanes) is 3. The normalized spacial score (nSPS) is 10.9.